The average molecular weight is 390 g/mol. The highest BCUT2D eigenvalue weighted by Crippen LogP contribution is 2.31. The summed E-state index contributed by atoms with van der Waals surface area (Å²) in [6, 6.07) is 0. The van der Waals surface area contributed by atoms with E-state index < -0.39 is 36.1 Å². The van der Waals surface area contributed by atoms with Crippen LogP contribution < -0.4 is 11.4 Å². The van der Waals surface area contributed by atoms with Crippen LogP contribution >= 0.6 is 15.9 Å². The Balaban J connectivity index is 2.26. The number of nitrogens with zero attached hydrogens (tertiary/aromatic N) is 2. The van der Waals surface area contributed by atoms with Crippen LogP contribution in [0.4, 0.5) is 5.82 Å². The SMILES string of the molecule is CC(=O)OC[C@@H]1C[C@@H](OC(C)=O)[C@H](n2cc(Br)c(N)nc2=O)O1. The molecule has 2 N–H and O–H groups in total. The number of hydrogen-bond acceptors (Lipinski definition) is 8. The Labute approximate surface area is 139 Å². The molecule has 126 valence electrons. The third-order valence-electron chi connectivity index (χ3n) is 3.14. The molecule has 2 rings (SSSR count). The predicted octanol–water partition coefficient (Wildman–Crippen LogP) is 0.370. The molecule has 0 unspecified atom stereocenters. The summed E-state index contributed by atoms with van der Waals surface area (Å²) in [4.78, 5) is 37.9. The minimum atomic E-state index is -0.878. The number of esters is 2. The predicted molar refractivity (Wildman–Crippen MR) is 81.3 cm³/mol. The van der Waals surface area contributed by atoms with Gasteiger partial charge in [-0.1, -0.05) is 0 Å². The fraction of sp³-hybridized carbons (Fsp3) is 0.538. The van der Waals surface area contributed by atoms with Crippen molar-refractivity contribution in [3.63, 3.8) is 0 Å². The lowest BCUT2D eigenvalue weighted by Gasteiger charge is -2.20. The van der Waals surface area contributed by atoms with Gasteiger partial charge in [-0.25, -0.2) is 4.79 Å². The Morgan fingerprint density at radius 3 is 2.78 bits per heavy atom. The van der Waals surface area contributed by atoms with E-state index in [1.165, 1.54) is 24.6 Å². The van der Waals surface area contributed by atoms with E-state index in [4.69, 9.17) is 19.9 Å². The van der Waals surface area contributed by atoms with Gasteiger partial charge in [-0.2, -0.15) is 4.98 Å². The summed E-state index contributed by atoms with van der Waals surface area (Å²) in [7, 11) is 0. The largest absolute Gasteiger partial charge is 0.463 e. The minimum absolute atomic E-state index is 0.00190. The van der Waals surface area contributed by atoms with Crippen LogP contribution in [0.1, 0.15) is 26.5 Å². The number of aromatic nitrogens is 2. The zero-order valence-corrected chi connectivity index (χ0v) is 14.1. The molecule has 1 aromatic heterocycles. The first kappa shape index (κ1) is 17.4. The molecule has 0 aliphatic carbocycles. The van der Waals surface area contributed by atoms with E-state index >= 15 is 0 Å². The monoisotopic (exact) mass is 389 g/mol. The first-order valence-corrected chi connectivity index (χ1v) is 7.57. The summed E-state index contributed by atoms with van der Waals surface area (Å²) < 4.78 is 17.4. The van der Waals surface area contributed by atoms with E-state index in [1.54, 1.807) is 0 Å². The maximum Gasteiger partial charge on any atom is 0.351 e. The molecular formula is C13H16BrN3O6. The van der Waals surface area contributed by atoms with E-state index in [0.717, 1.165) is 0 Å². The van der Waals surface area contributed by atoms with Crippen molar-refractivity contribution in [2.45, 2.75) is 38.7 Å². The molecule has 1 aliphatic heterocycles. The topological polar surface area (TPSA) is 123 Å². The second kappa shape index (κ2) is 7.09. The number of anilines is 1. The van der Waals surface area contributed by atoms with Crippen LogP contribution in [0.3, 0.4) is 0 Å². The van der Waals surface area contributed by atoms with Crippen molar-refractivity contribution in [3.8, 4) is 0 Å². The molecule has 0 amide bonds. The second-order valence-electron chi connectivity index (χ2n) is 5.00. The van der Waals surface area contributed by atoms with Gasteiger partial charge in [0.1, 0.15) is 18.5 Å². The number of ether oxygens (including phenoxy) is 3. The van der Waals surface area contributed by atoms with Gasteiger partial charge in [-0.3, -0.25) is 14.2 Å². The normalized spacial score (nSPS) is 23.5. The first-order valence-electron chi connectivity index (χ1n) is 6.78. The van der Waals surface area contributed by atoms with Gasteiger partial charge in [-0.15, -0.1) is 0 Å². The molecule has 10 heteroatoms. The van der Waals surface area contributed by atoms with Gasteiger partial charge in [-0.05, 0) is 15.9 Å². The number of nitrogen functional groups attached to an aromatic ring is 1. The van der Waals surface area contributed by atoms with E-state index in [0.29, 0.717) is 4.47 Å². The van der Waals surface area contributed by atoms with Crippen LogP contribution in [0.15, 0.2) is 15.5 Å². The molecule has 0 bridgehead atoms. The number of halogens is 1. The van der Waals surface area contributed by atoms with Crippen molar-refractivity contribution in [3.05, 3.63) is 21.2 Å². The highest BCUT2D eigenvalue weighted by Gasteiger charge is 2.40. The third kappa shape index (κ3) is 4.29. The zero-order chi connectivity index (χ0) is 17.1. The van der Waals surface area contributed by atoms with Gasteiger partial charge in [0.15, 0.2) is 6.23 Å². The molecule has 0 spiro atoms. The van der Waals surface area contributed by atoms with Crippen LogP contribution in [0.25, 0.3) is 0 Å². The molecule has 1 aromatic rings. The van der Waals surface area contributed by atoms with Gasteiger partial charge < -0.3 is 19.9 Å². The Bertz CT molecular complexity index is 676. The molecule has 3 atom stereocenters. The van der Waals surface area contributed by atoms with Crippen molar-refractivity contribution in [1.29, 1.82) is 0 Å². The molecule has 23 heavy (non-hydrogen) atoms. The van der Waals surface area contributed by atoms with Crippen molar-refractivity contribution in [2.24, 2.45) is 0 Å². The fourth-order valence-corrected chi connectivity index (χ4v) is 2.55. The Hall–Kier alpha value is -1.94. The molecule has 1 aliphatic rings. The summed E-state index contributed by atoms with van der Waals surface area (Å²) in [6.07, 6.45) is -0.387. The molecule has 9 nitrogen and oxygen atoms in total. The fourth-order valence-electron chi connectivity index (χ4n) is 2.24. The van der Waals surface area contributed by atoms with E-state index in [9.17, 15) is 14.4 Å². The Morgan fingerprint density at radius 1 is 1.48 bits per heavy atom. The third-order valence-corrected chi connectivity index (χ3v) is 3.75. The van der Waals surface area contributed by atoms with Crippen LogP contribution in [-0.2, 0) is 23.8 Å². The Morgan fingerprint density at radius 2 is 2.17 bits per heavy atom. The van der Waals surface area contributed by atoms with Crippen LogP contribution in [0, 0.1) is 0 Å². The van der Waals surface area contributed by atoms with Gasteiger partial charge >= 0.3 is 17.6 Å². The highest BCUT2D eigenvalue weighted by atomic mass is 79.9. The number of carbonyl (C=O) groups excluding carboxylic acids is 2. The van der Waals surface area contributed by atoms with Crippen molar-refractivity contribution >= 4 is 33.7 Å². The first-order chi connectivity index (χ1) is 10.8. The average Bonchev–Trinajstić information content (AvgIpc) is 2.82. The molecule has 2 heterocycles. The van der Waals surface area contributed by atoms with E-state index in [2.05, 4.69) is 20.9 Å². The van der Waals surface area contributed by atoms with Gasteiger partial charge in [0.2, 0.25) is 0 Å². The molecule has 1 saturated heterocycles. The lowest BCUT2D eigenvalue weighted by molar-refractivity contribution is -0.153. The van der Waals surface area contributed by atoms with Crippen molar-refractivity contribution in [1.82, 2.24) is 9.55 Å². The van der Waals surface area contributed by atoms with Gasteiger partial charge in [0, 0.05) is 26.5 Å². The van der Waals surface area contributed by atoms with Crippen LogP contribution in [-0.4, -0.2) is 40.3 Å². The molecule has 0 radical (unpaired) electrons. The smallest absolute Gasteiger partial charge is 0.351 e. The number of nitrogens with two attached hydrogens (primary N) is 1. The zero-order valence-electron chi connectivity index (χ0n) is 12.5. The summed E-state index contributed by atoms with van der Waals surface area (Å²) in [5.74, 6) is -0.910. The summed E-state index contributed by atoms with van der Waals surface area (Å²) >= 11 is 3.18. The van der Waals surface area contributed by atoms with E-state index in [1.807, 2.05) is 0 Å². The van der Waals surface area contributed by atoms with Crippen LogP contribution in [0.5, 0.6) is 0 Å². The minimum Gasteiger partial charge on any atom is -0.463 e. The number of rotatable bonds is 4. The summed E-state index contributed by atoms with van der Waals surface area (Å²) in [6.45, 7) is 2.54. The molecule has 1 fully saturated rings. The maximum absolute atomic E-state index is 12.0. The maximum atomic E-state index is 12.0. The molecule has 0 aromatic carbocycles. The standard InChI is InChI=1S/C13H16BrN3O6/c1-6(18)21-5-8-3-10(22-7(2)19)12(23-8)17-4-9(14)11(15)16-13(17)20/h4,8,10,12H,3,5H2,1-2H3,(H2,15,16,20)/t8-,10+,12+/m0/s1. The van der Waals surface area contributed by atoms with Crippen molar-refractivity contribution < 1.29 is 23.8 Å². The lowest BCUT2D eigenvalue weighted by atomic mass is 10.2. The lowest BCUT2D eigenvalue weighted by Crippen LogP contribution is -2.34. The number of hydrogen-bond donors (Lipinski definition) is 1. The highest BCUT2D eigenvalue weighted by molar-refractivity contribution is 9.10. The van der Waals surface area contributed by atoms with Gasteiger partial charge in [0.25, 0.3) is 0 Å². The summed E-state index contributed by atoms with van der Waals surface area (Å²) in [5, 5.41) is 0. The quantitative estimate of drug-likeness (QED) is 0.732. The summed E-state index contributed by atoms with van der Waals surface area (Å²) in [5.41, 5.74) is 4.92. The Kier molecular flexibility index (Phi) is 5.37. The van der Waals surface area contributed by atoms with Crippen LogP contribution in [0.2, 0.25) is 0 Å². The molecular weight excluding hydrogens is 374 g/mol. The van der Waals surface area contributed by atoms with E-state index in [-0.39, 0.29) is 18.8 Å². The molecule has 0 saturated carbocycles. The van der Waals surface area contributed by atoms with Crippen molar-refractivity contribution in [2.75, 3.05) is 12.3 Å². The number of carbonyl (C=O) groups is 2. The van der Waals surface area contributed by atoms with Gasteiger partial charge in [0.05, 0.1) is 10.6 Å². The second-order valence-corrected chi connectivity index (χ2v) is 5.85.